The molecule has 72 valence electrons. The van der Waals surface area contributed by atoms with Gasteiger partial charge in [-0.15, -0.1) is 0 Å². The quantitative estimate of drug-likeness (QED) is 0.677. The molecule has 0 atom stereocenters. The van der Waals surface area contributed by atoms with E-state index in [2.05, 4.69) is 4.98 Å². The Morgan fingerprint density at radius 3 is 3.00 bits per heavy atom. The lowest BCUT2D eigenvalue weighted by Crippen LogP contribution is -1.92. The molecule has 0 aliphatic rings. The number of hydrogen-bond donors (Lipinski definition) is 0. The minimum Gasteiger partial charge on any atom is -0.332 e. The monoisotopic (exact) mass is 188 g/mol. The van der Waals surface area contributed by atoms with Crippen molar-refractivity contribution in [2.24, 2.45) is 0 Å². The SMILES string of the molecule is CCn1cc(C=O)c2cc(C)cnc21. The molecule has 14 heavy (non-hydrogen) atoms. The minimum atomic E-state index is 0.720. The summed E-state index contributed by atoms with van der Waals surface area (Å²) < 4.78 is 1.98. The minimum absolute atomic E-state index is 0.720. The maximum absolute atomic E-state index is 10.8. The molecule has 3 heteroatoms. The molecule has 2 heterocycles. The van der Waals surface area contributed by atoms with E-state index < -0.39 is 0 Å². The van der Waals surface area contributed by atoms with Gasteiger partial charge in [-0.25, -0.2) is 4.98 Å². The lowest BCUT2D eigenvalue weighted by atomic mass is 10.2. The second kappa shape index (κ2) is 3.25. The Balaban J connectivity index is 2.82. The van der Waals surface area contributed by atoms with Crippen molar-refractivity contribution in [1.82, 2.24) is 9.55 Å². The Morgan fingerprint density at radius 2 is 2.36 bits per heavy atom. The number of pyridine rings is 1. The predicted molar refractivity (Wildman–Crippen MR) is 55.5 cm³/mol. The Bertz CT molecular complexity index is 485. The number of rotatable bonds is 2. The van der Waals surface area contributed by atoms with Gasteiger partial charge in [-0.2, -0.15) is 0 Å². The predicted octanol–water partition coefficient (Wildman–Crippen LogP) is 2.18. The number of hydrogen-bond acceptors (Lipinski definition) is 2. The standard InChI is InChI=1S/C11H12N2O/c1-3-13-6-9(7-14)10-4-8(2)5-12-11(10)13/h4-7H,3H2,1-2H3. The van der Waals surface area contributed by atoms with Crippen LogP contribution in [0.5, 0.6) is 0 Å². The van der Waals surface area contributed by atoms with Crippen LogP contribution in [-0.4, -0.2) is 15.8 Å². The molecule has 0 amide bonds. The van der Waals surface area contributed by atoms with Gasteiger partial charge in [0.05, 0.1) is 0 Å². The zero-order chi connectivity index (χ0) is 10.1. The maximum Gasteiger partial charge on any atom is 0.152 e. The average Bonchev–Trinajstić information content (AvgIpc) is 2.55. The average molecular weight is 188 g/mol. The molecule has 2 rings (SSSR count). The summed E-state index contributed by atoms with van der Waals surface area (Å²) in [5, 5.41) is 0.946. The van der Waals surface area contributed by atoms with Gasteiger partial charge >= 0.3 is 0 Å². The summed E-state index contributed by atoms with van der Waals surface area (Å²) in [5.41, 5.74) is 2.69. The summed E-state index contributed by atoms with van der Waals surface area (Å²) in [6.07, 6.45) is 4.56. The van der Waals surface area contributed by atoms with E-state index in [1.54, 1.807) is 0 Å². The lowest BCUT2D eigenvalue weighted by molar-refractivity contribution is 0.112. The molecule has 0 saturated heterocycles. The van der Waals surface area contributed by atoms with Crippen molar-refractivity contribution in [1.29, 1.82) is 0 Å². The van der Waals surface area contributed by atoms with Gasteiger partial charge in [0.1, 0.15) is 5.65 Å². The molecule has 2 aromatic rings. The highest BCUT2D eigenvalue weighted by molar-refractivity contribution is 5.96. The fourth-order valence-corrected chi connectivity index (χ4v) is 1.64. The first-order valence-corrected chi connectivity index (χ1v) is 4.67. The van der Waals surface area contributed by atoms with Gasteiger partial charge in [-0.3, -0.25) is 4.79 Å². The second-order valence-corrected chi connectivity index (χ2v) is 3.37. The van der Waals surface area contributed by atoms with Gasteiger partial charge in [0, 0.05) is 29.9 Å². The van der Waals surface area contributed by atoms with Gasteiger partial charge in [-0.05, 0) is 25.5 Å². The van der Waals surface area contributed by atoms with Crippen LogP contribution in [-0.2, 0) is 6.54 Å². The number of aromatic nitrogens is 2. The molecule has 2 aromatic heterocycles. The first-order chi connectivity index (χ1) is 6.76. The Labute approximate surface area is 82.4 Å². The topological polar surface area (TPSA) is 34.9 Å². The largest absolute Gasteiger partial charge is 0.332 e. The van der Waals surface area contributed by atoms with Crippen molar-refractivity contribution in [2.75, 3.05) is 0 Å². The van der Waals surface area contributed by atoms with Crippen LogP contribution in [0.25, 0.3) is 11.0 Å². The van der Waals surface area contributed by atoms with Gasteiger partial charge in [0.25, 0.3) is 0 Å². The summed E-state index contributed by atoms with van der Waals surface area (Å²) in [6.45, 7) is 4.85. The van der Waals surface area contributed by atoms with Crippen LogP contribution in [0.3, 0.4) is 0 Å². The third kappa shape index (κ3) is 1.21. The molecule has 0 aliphatic carbocycles. The van der Waals surface area contributed by atoms with Crippen LogP contribution in [0.1, 0.15) is 22.8 Å². The Hall–Kier alpha value is -1.64. The molecule has 0 aromatic carbocycles. The normalized spacial score (nSPS) is 10.7. The number of carbonyl (C=O) groups is 1. The van der Waals surface area contributed by atoms with Gasteiger partial charge in [0.15, 0.2) is 6.29 Å². The van der Waals surface area contributed by atoms with Crippen LogP contribution in [0, 0.1) is 6.92 Å². The van der Waals surface area contributed by atoms with Crippen molar-refractivity contribution in [3.8, 4) is 0 Å². The highest BCUT2D eigenvalue weighted by Gasteiger charge is 2.07. The third-order valence-corrected chi connectivity index (χ3v) is 2.35. The number of fused-ring (bicyclic) bond motifs is 1. The highest BCUT2D eigenvalue weighted by Crippen LogP contribution is 2.18. The number of aryl methyl sites for hydroxylation is 2. The number of carbonyl (C=O) groups excluding carboxylic acids is 1. The number of nitrogens with zero attached hydrogens (tertiary/aromatic N) is 2. The van der Waals surface area contributed by atoms with Gasteiger partial charge < -0.3 is 4.57 Å². The van der Waals surface area contributed by atoms with Crippen molar-refractivity contribution in [3.05, 3.63) is 29.6 Å². The van der Waals surface area contributed by atoms with E-state index in [0.29, 0.717) is 0 Å². The fourth-order valence-electron chi connectivity index (χ4n) is 1.64. The summed E-state index contributed by atoms with van der Waals surface area (Å²) in [5.74, 6) is 0. The van der Waals surface area contributed by atoms with Crippen molar-refractivity contribution in [2.45, 2.75) is 20.4 Å². The van der Waals surface area contributed by atoms with E-state index in [4.69, 9.17) is 0 Å². The molecule has 0 radical (unpaired) electrons. The van der Waals surface area contributed by atoms with Crippen molar-refractivity contribution < 1.29 is 4.79 Å². The Kier molecular flexibility index (Phi) is 2.08. The summed E-state index contributed by atoms with van der Waals surface area (Å²) >= 11 is 0. The zero-order valence-electron chi connectivity index (χ0n) is 8.32. The summed E-state index contributed by atoms with van der Waals surface area (Å²) in [6, 6.07) is 2.00. The molecule has 0 N–H and O–H groups in total. The molecule has 3 nitrogen and oxygen atoms in total. The summed E-state index contributed by atoms with van der Waals surface area (Å²) in [7, 11) is 0. The van der Waals surface area contributed by atoms with E-state index in [0.717, 1.165) is 35.0 Å². The highest BCUT2D eigenvalue weighted by atomic mass is 16.1. The van der Waals surface area contributed by atoms with Crippen molar-refractivity contribution >= 4 is 17.3 Å². The van der Waals surface area contributed by atoms with Crippen LogP contribution >= 0.6 is 0 Å². The zero-order valence-corrected chi connectivity index (χ0v) is 8.32. The summed E-state index contributed by atoms with van der Waals surface area (Å²) in [4.78, 5) is 15.1. The molecule has 0 unspecified atom stereocenters. The third-order valence-electron chi connectivity index (χ3n) is 2.35. The fraction of sp³-hybridized carbons (Fsp3) is 0.273. The van der Waals surface area contributed by atoms with E-state index in [9.17, 15) is 4.79 Å². The Morgan fingerprint density at radius 1 is 1.57 bits per heavy atom. The van der Waals surface area contributed by atoms with E-state index in [-0.39, 0.29) is 0 Å². The number of aldehydes is 1. The van der Waals surface area contributed by atoms with Crippen LogP contribution < -0.4 is 0 Å². The first kappa shape index (κ1) is 8.94. The van der Waals surface area contributed by atoms with E-state index in [1.807, 2.05) is 36.9 Å². The molecular weight excluding hydrogens is 176 g/mol. The van der Waals surface area contributed by atoms with Crippen LogP contribution in [0.2, 0.25) is 0 Å². The molecule has 0 bridgehead atoms. The van der Waals surface area contributed by atoms with Crippen LogP contribution in [0.4, 0.5) is 0 Å². The molecule has 0 spiro atoms. The van der Waals surface area contributed by atoms with Crippen LogP contribution in [0.15, 0.2) is 18.5 Å². The second-order valence-electron chi connectivity index (χ2n) is 3.37. The van der Waals surface area contributed by atoms with Crippen molar-refractivity contribution in [3.63, 3.8) is 0 Å². The smallest absolute Gasteiger partial charge is 0.152 e. The molecular formula is C11H12N2O. The van der Waals surface area contributed by atoms with Gasteiger partial charge in [-0.1, -0.05) is 0 Å². The maximum atomic E-state index is 10.8. The lowest BCUT2D eigenvalue weighted by Gasteiger charge is -1.98. The first-order valence-electron chi connectivity index (χ1n) is 4.67. The molecule has 0 saturated carbocycles. The van der Waals surface area contributed by atoms with Gasteiger partial charge in [0.2, 0.25) is 0 Å². The van der Waals surface area contributed by atoms with E-state index in [1.165, 1.54) is 0 Å². The van der Waals surface area contributed by atoms with E-state index >= 15 is 0 Å². The molecule has 0 fully saturated rings. The molecule has 0 aliphatic heterocycles.